The van der Waals surface area contributed by atoms with Crippen molar-refractivity contribution in [3.63, 3.8) is 0 Å². The van der Waals surface area contributed by atoms with Crippen LogP contribution < -0.4 is 10.2 Å². The first kappa shape index (κ1) is 13.6. The standard InChI is InChI=1S/C17H12O7/c18-7-2-1-3-8-11(7)14(19)12-9(23-8)6-10-13(15(12)20)17(21)4-5-22-16(17)24-10/h1-3,6,16,18,20-21H,4-5H2/t16-,17+/m1/s1. The maximum Gasteiger partial charge on any atom is 0.233 e. The van der Waals surface area contributed by atoms with Crippen LogP contribution in [0.1, 0.15) is 12.0 Å². The quantitative estimate of drug-likeness (QED) is 0.539. The zero-order valence-corrected chi connectivity index (χ0v) is 12.3. The second-order valence-corrected chi connectivity index (χ2v) is 6.05. The highest BCUT2D eigenvalue weighted by atomic mass is 16.7. The fourth-order valence-electron chi connectivity index (χ4n) is 3.58. The molecule has 0 saturated carbocycles. The Kier molecular flexibility index (Phi) is 2.39. The number of hydrogen-bond acceptors (Lipinski definition) is 7. The van der Waals surface area contributed by atoms with Crippen LogP contribution in [0, 0.1) is 0 Å². The van der Waals surface area contributed by atoms with Crippen LogP contribution in [0.25, 0.3) is 21.9 Å². The van der Waals surface area contributed by atoms with Crippen molar-refractivity contribution in [1.29, 1.82) is 0 Å². The second-order valence-electron chi connectivity index (χ2n) is 6.05. The zero-order valence-electron chi connectivity index (χ0n) is 12.3. The Morgan fingerprint density at radius 3 is 2.83 bits per heavy atom. The van der Waals surface area contributed by atoms with Gasteiger partial charge in [0.05, 0.1) is 12.2 Å². The molecule has 0 spiro atoms. The summed E-state index contributed by atoms with van der Waals surface area (Å²) in [5.74, 6) is -0.424. The summed E-state index contributed by atoms with van der Waals surface area (Å²) >= 11 is 0. The normalized spacial score (nSPS) is 25.0. The first-order valence-corrected chi connectivity index (χ1v) is 7.46. The van der Waals surface area contributed by atoms with Crippen LogP contribution in [0.15, 0.2) is 33.5 Å². The molecule has 2 atom stereocenters. The van der Waals surface area contributed by atoms with Crippen molar-refractivity contribution in [2.45, 2.75) is 18.3 Å². The van der Waals surface area contributed by atoms with Crippen LogP contribution >= 0.6 is 0 Å². The van der Waals surface area contributed by atoms with E-state index in [4.69, 9.17) is 13.9 Å². The number of phenolic OH excluding ortho intramolecular Hbond substituents is 2. The lowest BCUT2D eigenvalue weighted by Crippen LogP contribution is -2.33. The van der Waals surface area contributed by atoms with Gasteiger partial charge >= 0.3 is 0 Å². The summed E-state index contributed by atoms with van der Waals surface area (Å²) in [6.07, 6.45) is -0.679. The molecule has 0 unspecified atom stereocenters. The SMILES string of the molecule is O=c1c2c(O)cccc2oc2cc3c(c(O)c12)[C@@]1(O)CCO[C@@H]1O3. The van der Waals surface area contributed by atoms with Crippen molar-refractivity contribution in [2.24, 2.45) is 0 Å². The molecule has 1 aromatic heterocycles. The Hall–Kier alpha value is -2.77. The third-order valence-corrected chi connectivity index (χ3v) is 4.72. The van der Waals surface area contributed by atoms with Gasteiger partial charge < -0.3 is 29.2 Å². The van der Waals surface area contributed by atoms with E-state index in [0.717, 1.165) is 0 Å². The van der Waals surface area contributed by atoms with Gasteiger partial charge in [-0.05, 0) is 12.1 Å². The summed E-state index contributed by atoms with van der Waals surface area (Å²) in [7, 11) is 0. The highest BCUT2D eigenvalue weighted by Gasteiger charge is 2.54. The van der Waals surface area contributed by atoms with Gasteiger partial charge in [0.1, 0.15) is 39.2 Å². The van der Waals surface area contributed by atoms with Crippen molar-refractivity contribution < 1.29 is 29.2 Å². The first-order valence-electron chi connectivity index (χ1n) is 7.46. The highest BCUT2D eigenvalue weighted by molar-refractivity contribution is 5.97. The second kappa shape index (κ2) is 4.19. The molecule has 2 aliphatic rings. The maximum absolute atomic E-state index is 12.8. The van der Waals surface area contributed by atoms with Gasteiger partial charge in [-0.1, -0.05) is 6.07 Å². The average molecular weight is 328 g/mol. The predicted molar refractivity (Wildman–Crippen MR) is 82.2 cm³/mol. The number of ether oxygens (including phenoxy) is 2. The fourth-order valence-corrected chi connectivity index (χ4v) is 3.58. The number of benzene rings is 2. The van der Waals surface area contributed by atoms with Crippen molar-refractivity contribution in [3.8, 4) is 17.2 Å². The Balaban J connectivity index is 1.95. The molecule has 0 bridgehead atoms. The van der Waals surface area contributed by atoms with Crippen LogP contribution in [0.3, 0.4) is 0 Å². The van der Waals surface area contributed by atoms with E-state index in [1.807, 2.05) is 0 Å². The van der Waals surface area contributed by atoms with Gasteiger partial charge in [-0.3, -0.25) is 4.79 Å². The molecule has 1 fully saturated rings. The van der Waals surface area contributed by atoms with E-state index >= 15 is 0 Å². The van der Waals surface area contributed by atoms with Crippen LogP contribution in [0.5, 0.6) is 17.2 Å². The monoisotopic (exact) mass is 328 g/mol. The number of fused-ring (bicyclic) bond motifs is 5. The third-order valence-electron chi connectivity index (χ3n) is 4.72. The van der Waals surface area contributed by atoms with Gasteiger partial charge in [-0.15, -0.1) is 0 Å². The Morgan fingerprint density at radius 2 is 2.00 bits per heavy atom. The van der Waals surface area contributed by atoms with E-state index in [9.17, 15) is 20.1 Å². The lowest BCUT2D eigenvalue weighted by molar-refractivity contribution is -0.123. The van der Waals surface area contributed by atoms with E-state index in [2.05, 4.69) is 0 Å². The highest BCUT2D eigenvalue weighted by Crippen LogP contribution is 2.53. The van der Waals surface area contributed by atoms with Gasteiger partial charge in [-0.25, -0.2) is 0 Å². The molecule has 24 heavy (non-hydrogen) atoms. The van der Waals surface area contributed by atoms with Crippen molar-refractivity contribution in [1.82, 2.24) is 0 Å². The smallest absolute Gasteiger partial charge is 0.233 e. The molecule has 0 aliphatic carbocycles. The molecular weight excluding hydrogens is 316 g/mol. The average Bonchev–Trinajstić information content (AvgIpc) is 3.00. The van der Waals surface area contributed by atoms with Gasteiger partial charge in [0.2, 0.25) is 11.7 Å². The minimum Gasteiger partial charge on any atom is -0.507 e. The lowest BCUT2D eigenvalue weighted by Gasteiger charge is -2.19. The van der Waals surface area contributed by atoms with Crippen LogP contribution in [-0.4, -0.2) is 28.2 Å². The number of rotatable bonds is 0. The molecule has 1 saturated heterocycles. The topological polar surface area (TPSA) is 109 Å². The van der Waals surface area contributed by atoms with Crippen molar-refractivity contribution in [3.05, 3.63) is 40.1 Å². The molecule has 0 amide bonds. The van der Waals surface area contributed by atoms with Crippen LogP contribution in [-0.2, 0) is 10.3 Å². The minimum atomic E-state index is -1.51. The molecule has 7 heteroatoms. The number of phenols is 2. The van der Waals surface area contributed by atoms with Crippen molar-refractivity contribution in [2.75, 3.05) is 6.61 Å². The van der Waals surface area contributed by atoms with E-state index in [-0.39, 0.29) is 52.0 Å². The summed E-state index contributed by atoms with van der Waals surface area (Å²) in [6, 6.07) is 5.92. The molecule has 5 rings (SSSR count). The largest absolute Gasteiger partial charge is 0.507 e. The van der Waals surface area contributed by atoms with Gasteiger partial charge in [-0.2, -0.15) is 0 Å². The van der Waals surface area contributed by atoms with Gasteiger partial charge in [0, 0.05) is 12.5 Å². The summed E-state index contributed by atoms with van der Waals surface area (Å²) < 4.78 is 16.5. The molecule has 0 radical (unpaired) electrons. The molecular formula is C17H12O7. The number of hydrogen-bond donors (Lipinski definition) is 3. The summed E-state index contributed by atoms with van der Waals surface area (Å²) in [5.41, 5.74) is -1.65. The Morgan fingerprint density at radius 1 is 1.17 bits per heavy atom. The zero-order chi connectivity index (χ0) is 16.6. The van der Waals surface area contributed by atoms with Crippen molar-refractivity contribution >= 4 is 21.9 Å². The van der Waals surface area contributed by atoms with Crippen LogP contribution in [0.2, 0.25) is 0 Å². The van der Waals surface area contributed by atoms with E-state index in [1.54, 1.807) is 12.1 Å². The summed E-state index contributed by atoms with van der Waals surface area (Å²) in [4.78, 5) is 12.8. The lowest BCUT2D eigenvalue weighted by atomic mass is 9.91. The molecule has 3 aromatic rings. The minimum absolute atomic E-state index is 0.0228. The van der Waals surface area contributed by atoms with Crippen LogP contribution in [0.4, 0.5) is 0 Å². The van der Waals surface area contributed by atoms with E-state index in [1.165, 1.54) is 12.1 Å². The maximum atomic E-state index is 12.8. The van der Waals surface area contributed by atoms with Gasteiger partial charge in [0.25, 0.3) is 0 Å². The van der Waals surface area contributed by atoms with Gasteiger partial charge in [0.15, 0.2) is 5.60 Å². The molecule has 3 heterocycles. The molecule has 2 aliphatic heterocycles. The summed E-state index contributed by atoms with van der Waals surface area (Å²) in [6.45, 7) is 0.283. The molecule has 3 N–H and O–H groups in total. The van der Waals surface area contributed by atoms with E-state index < -0.39 is 23.1 Å². The Bertz CT molecular complexity index is 1080. The molecule has 2 aromatic carbocycles. The Labute approximate surface area is 134 Å². The third kappa shape index (κ3) is 1.46. The predicted octanol–water partition coefficient (Wildman–Crippen LogP) is 1.68. The number of aromatic hydroxyl groups is 2. The fraction of sp³-hybridized carbons (Fsp3) is 0.235. The summed E-state index contributed by atoms with van der Waals surface area (Å²) in [5, 5.41) is 31.3. The molecule has 122 valence electrons. The van der Waals surface area contributed by atoms with E-state index in [0.29, 0.717) is 0 Å². The molecule has 7 nitrogen and oxygen atoms in total. The first-order chi connectivity index (χ1) is 11.5. The number of aliphatic hydroxyl groups is 1.